The van der Waals surface area contributed by atoms with Crippen molar-refractivity contribution in [2.24, 2.45) is 5.11 Å². The van der Waals surface area contributed by atoms with Gasteiger partial charge in [-0.2, -0.15) is 0 Å². The summed E-state index contributed by atoms with van der Waals surface area (Å²) in [5.74, 6) is 0.168. The summed E-state index contributed by atoms with van der Waals surface area (Å²) in [5.41, 5.74) is 12.7. The zero-order valence-corrected chi connectivity index (χ0v) is 19.6. The molecule has 1 N–H and O–H groups in total. The first-order valence-corrected chi connectivity index (χ1v) is 11.7. The summed E-state index contributed by atoms with van der Waals surface area (Å²) in [6.07, 6.45) is 4.03. The maximum Gasteiger partial charge on any atom is 0.261 e. The van der Waals surface area contributed by atoms with Crippen LogP contribution in [-0.4, -0.2) is 28.5 Å². The number of carbonyl (C=O) groups excluding carboxylic acids is 1. The normalized spacial score (nSPS) is 15.7. The fraction of sp³-hybridized carbons (Fsp3) is 0.318. The molecule has 2 heterocycles. The number of amides is 1. The highest BCUT2D eigenvalue weighted by molar-refractivity contribution is 7.17. The number of fused-ring (bicyclic) bond motifs is 1. The van der Waals surface area contributed by atoms with E-state index in [1.165, 1.54) is 16.9 Å². The predicted molar refractivity (Wildman–Crippen MR) is 128 cm³/mol. The summed E-state index contributed by atoms with van der Waals surface area (Å²) in [5, 5.41) is 7.65. The Balaban J connectivity index is 1.53. The Morgan fingerprint density at radius 1 is 1.34 bits per heavy atom. The Labute approximate surface area is 199 Å². The van der Waals surface area contributed by atoms with Gasteiger partial charge in [-0.3, -0.25) is 4.79 Å². The highest BCUT2D eigenvalue weighted by Gasteiger charge is 2.26. The molecule has 2 unspecified atom stereocenters. The van der Waals surface area contributed by atoms with Crippen LogP contribution in [0.2, 0.25) is 10.0 Å². The van der Waals surface area contributed by atoms with Gasteiger partial charge < -0.3 is 5.32 Å². The standard InChI is InChI=1S/C22H20Cl2N6OS/c1-12-2-5-17-20(12)21(27-11-26-17)18-6-7-19(32-18)22(31)29-15(10-28-30-25)8-13-3-4-14(23)9-16(13)24/h3-4,6-7,9,11-12,15H,2,5,8,10H2,1H3,(H,29,31). The lowest BCUT2D eigenvalue weighted by Crippen LogP contribution is -2.38. The highest BCUT2D eigenvalue weighted by Crippen LogP contribution is 2.39. The van der Waals surface area contributed by atoms with Crippen LogP contribution in [0.25, 0.3) is 21.0 Å². The van der Waals surface area contributed by atoms with E-state index in [9.17, 15) is 4.79 Å². The molecule has 0 bridgehead atoms. The van der Waals surface area contributed by atoms with Gasteiger partial charge in [0.05, 0.1) is 15.4 Å². The fourth-order valence-corrected chi connectivity index (χ4v) is 5.34. The average Bonchev–Trinajstić information content (AvgIpc) is 3.41. The first-order valence-electron chi connectivity index (χ1n) is 10.2. The van der Waals surface area contributed by atoms with Crippen LogP contribution in [-0.2, 0) is 12.8 Å². The van der Waals surface area contributed by atoms with E-state index >= 15 is 0 Å². The number of aromatic nitrogens is 2. The quantitative estimate of drug-likeness (QED) is 0.243. The minimum atomic E-state index is -0.411. The smallest absolute Gasteiger partial charge is 0.261 e. The monoisotopic (exact) mass is 486 g/mol. The first-order chi connectivity index (χ1) is 15.5. The summed E-state index contributed by atoms with van der Waals surface area (Å²) < 4.78 is 0. The minimum absolute atomic E-state index is 0.108. The number of aryl methyl sites for hydroxylation is 1. The molecular weight excluding hydrogens is 467 g/mol. The summed E-state index contributed by atoms with van der Waals surface area (Å²) in [4.78, 5) is 26.2. The molecule has 1 aliphatic carbocycles. The van der Waals surface area contributed by atoms with Crippen LogP contribution < -0.4 is 5.32 Å². The van der Waals surface area contributed by atoms with E-state index in [2.05, 4.69) is 32.2 Å². The Hall–Kier alpha value is -2.64. The van der Waals surface area contributed by atoms with Gasteiger partial charge in [-0.25, -0.2) is 9.97 Å². The van der Waals surface area contributed by atoms with Gasteiger partial charge in [0.15, 0.2) is 0 Å². The molecule has 0 aliphatic heterocycles. The molecular formula is C22H20Cl2N6OS. The third-order valence-corrected chi connectivity index (χ3v) is 7.20. The lowest BCUT2D eigenvalue weighted by molar-refractivity contribution is 0.0942. The van der Waals surface area contributed by atoms with Crippen LogP contribution in [0.5, 0.6) is 0 Å². The van der Waals surface area contributed by atoms with Crippen molar-refractivity contribution in [1.82, 2.24) is 15.3 Å². The van der Waals surface area contributed by atoms with Crippen LogP contribution in [0.4, 0.5) is 0 Å². The zero-order chi connectivity index (χ0) is 22.7. The number of rotatable bonds is 7. The molecule has 10 heteroatoms. The first kappa shape index (κ1) is 22.6. The van der Waals surface area contributed by atoms with Crippen LogP contribution in [0.15, 0.2) is 41.8 Å². The van der Waals surface area contributed by atoms with Gasteiger partial charge in [-0.05, 0) is 60.5 Å². The van der Waals surface area contributed by atoms with E-state index < -0.39 is 6.04 Å². The van der Waals surface area contributed by atoms with E-state index in [0.29, 0.717) is 27.3 Å². The predicted octanol–water partition coefficient (Wildman–Crippen LogP) is 6.21. The van der Waals surface area contributed by atoms with E-state index in [1.54, 1.807) is 30.6 Å². The SMILES string of the molecule is CC1CCc2ncnc(-c3ccc(C(=O)NC(CN=[N+]=[N-])Cc4ccc(Cl)cc4Cl)s3)c21. The van der Waals surface area contributed by atoms with Crippen molar-refractivity contribution in [3.8, 4) is 10.6 Å². The van der Waals surface area contributed by atoms with E-state index in [0.717, 1.165) is 34.7 Å². The topological polar surface area (TPSA) is 104 Å². The van der Waals surface area contributed by atoms with Crippen molar-refractivity contribution in [2.75, 3.05) is 6.54 Å². The van der Waals surface area contributed by atoms with Gasteiger partial charge in [0, 0.05) is 38.8 Å². The summed E-state index contributed by atoms with van der Waals surface area (Å²) >= 11 is 13.6. The van der Waals surface area contributed by atoms with Crippen molar-refractivity contribution >= 4 is 40.4 Å². The molecule has 32 heavy (non-hydrogen) atoms. The number of azide groups is 1. The van der Waals surface area contributed by atoms with Crippen molar-refractivity contribution in [3.05, 3.63) is 78.8 Å². The fourth-order valence-electron chi connectivity index (χ4n) is 3.94. The van der Waals surface area contributed by atoms with E-state index in [4.69, 9.17) is 28.7 Å². The van der Waals surface area contributed by atoms with E-state index in [-0.39, 0.29) is 12.5 Å². The van der Waals surface area contributed by atoms with Crippen molar-refractivity contribution < 1.29 is 4.79 Å². The molecule has 0 radical (unpaired) electrons. The Bertz CT molecular complexity index is 1210. The van der Waals surface area contributed by atoms with Crippen molar-refractivity contribution in [1.29, 1.82) is 0 Å². The molecule has 1 aromatic carbocycles. The Morgan fingerprint density at radius 2 is 2.19 bits per heavy atom. The van der Waals surface area contributed by atoms with Gasteiger partial charge in [0.25, 0.3) is 5.91 Å². The number of carbonyl (C=O) groups is 1. The van der Waals surface area contributed by atoms with Crippen LogP contribution in [0.1, 0.15) is 45.8 Å². The number of benzene rings is 1. The van der Waals surface area contributed by atoms with Gasteiger partial charge in [0.2, 0.25) is 0 Å². The second kappa shape index (κ2) is 9.88. The molecule has 4 rings (SSSR count). The van der Waals surface area contributed by atoms with Gasteiger partial charge in [-0.15, -0.1) is 11.3 Å². The molecule has 1 aliphatic rings. The van der Waals surface area contributed by atoms with Crippen LogP contribution >= 0.6 is 34.5 Å². The summed E-state index contributed by atoms with van der Waals surface area (Å²) in [6.45, 7) is 2.29. The largest absolute Gasteiger partial charge is 0.348 e. The zero-order valence-electron chi connectivity index (χ0n) is 17.3. The van der Waals surface area contributed by atoms with Crippen molar-refractivity contribution in [2.45, 2.75) is 38.1 Å². The Kier molecular flexibility index (Phi) is 6.96. The molecule has 0 saturated heterocycles. The molecule has 0 fully saturated rings. The van der Waals surface area contributed by atoms with Crippen LogP contribution in [0, 0.1) is 0 Å². The maximum absolute atomic E-state index is 13.0. The van der Waals surface area contributed by atoms with Gasteiger partial charge >= 0.3 is 0 Å². The average molecular weight is 487 g/mol. The maximum atomic E-state index is 13.0. The number of thiophene rings is 1. The number of halogens is 2. The molecule has 0 spiro atoms. The van der Waals surface area contributed by atoms with Crippen LogP contribution in [0.3, 0.4) is 0 Å². The summed E-state index contributed by atoms with van der Waals surface area (Å²) in [6, 6.07) is 8.50. The third kappa shape index (κ3) is 4.89. The third-order valence-electron chi connectivity index (χ3n) is 5.52. The molecule has 164 valence electrons. The molecule has 2 aromatic heterocycles. The highest BCUT2D eigenvalue weighted by atomic mass is 35.5. The number of nitrogens with zero attached hydrogens (tertiary/aromatic N) is 5. The second-order valence-electron chi connectivity index (χ2n) is 7.71. The van der Waals surface area contributed by atoms with E-state index in [1.807, 2.05) is 6.07 Å². The number of nitrogens with one attached hydrogen (secondary N) is 1. The number of hydrogen-bond donors (Lipinski definition) is 1. The molecule has 7 nitrogen and oxygen atoms in total. The lowest BCUT2D eigenvalue weighted by atomic mass is 10.0. The number of hydrogen-bond acceptors (Lipinski definition) is 5. The molecule has 1 amide bonds. The second-order valence-corrected chi connectivity index (χ2v) is 9.64. The lowest BCUT2D eigenvalue weighted by Gasteiger charge is -2.17. The van der Waals surface area contributed by atoms with Gasteiger partial charge in [-0.1, -0.05) is 41.3 Å². The Morgan fingerprint density at radius 3 is 2.97 bits per heavy atom. The van der Waals surface area contributed by atoms with Gasteiger partial charge in [0.1, 0.15) is 6.33 Å². The minimum Gasteiger partial charge on any atom is -0.348 e. The molecule has 3 aromatic rings. The molecule has 0 saturated carbocycles. The molecule has 2 atom stereocenters. The summed E-state index contributed by atoms with van der Waals surface area (Å²) in [7, 11) is 0. The van der Waals surface area contributed by atoms with Crippen molar-refractivity contribution in [3.63, 3.8) is 0 Å².